The fourth-order valence-corrected chi connectivity index (χ4v) is 4.33. The van der Waals surface area contributed by atoms with Crippen molar-refractivity contribution >= 4 is 34.4 Å². The predicted octanol–water partition coefficient (Wildman–Crippen LogP) is 6.48. The van der Waals surface area contributed by atoms with Gasteiger partial charge in [-0.3, -0.25) is 4.79 Å². The van der Waals surface area contributed by atoms with Gasteiger partial charge in [0.1, 0.15) is 29.7 Å². The Balaban J connectivity index is 1.44. The lowest BCUT2D eigenvalue weighted by Gasteiger charge is -2.12. The molecule has 0 spiro atoms. The number of nitrogens with zero attached hydrogens (tertiary/aromatic N) is 1. The van der Waals surface area contributed by atoms with Crippen molar-refractivity contribution in [3.63, 3.8) is 0 Å². The summed E-state index contributed by atoms with van der Waals surface area (Å²) in [5.74, 6) is 1.41. The number of methoxy groups -OCH3 is 1. The van der Waals surface area contributed by atoms with Crippen LogP contribution in [0.15, 0.2) is 60.5 Å². The lowest BCUT2D eigenvalue weighted by Crippen LogP contribution is -1.99. The van der Waals surface area contributed by atoms with Crippen molar-refractivity contribution < 1.29 is 23.4 Å². The molecule has 34 heavy (non-hydrogen) atoms. The molecule has 5 nitrogen and oxygen atoms in total. The van der Waals surface area contributed by atoms with E-state index in [1.165, 1.54) is 12.1 Å². The Kier molecular flexibility index (Phi) is 5.54. The number of carbonyl (C=O) groups is 1. The average molecular weight is 478 g/mol. The van der Waals surface area contributed by atoms with E-state index in [-0.39, 0.29) is 18.1 Å². The van der Waals surface area contributed by atoms with Crippen molar-refractivity contribution in [3.8, 4) is 17.2 Å². The number of rotatable bonds is 5. The molecule has 2 heterocycles. The van der Waals surface area contributed by atoms with Gasteiger partial charge in [-0.15, -0.1) is 0 Å². The molecule has 0 unspecified atom stereocenters. The number of allylic oxidation sites excluding steroid dienone is 1. The second kappa shape index (κ2) is 8.54. The van der Waals surface area contributed by atoms with Crippen LogP contribution in [-0.4, -0.2) is 17.5 Å². The van der Waals surface area contributed by atoms with Gasteiger partial charge in [-0.1, -0.05) is 17.7 Å². The molecule has 7 heteroatoms. The summed E-state index contributed by atoms with van der Waals surface area (Å²) in [6.45, 7) is 1.99. The predicted molar refractivity (Wildman–Crippen MR) is 129 cm³/mol. The molecular formula is C27H21ClFNO4. The van der Waals surface area contributed by atoms with E-state index in [1.54, 1.807) is 31.4 Å². The van der Waals surface area contributed by atoms with Gasteiger partial charge in [0.05, 0.1) is 17.7 Å². The molecule has 0 saturated carbocycles. The number of Topliss-reactive ketones (excluding diaryl/α,β-unsaturated/α-hetero) is 1. The van der Waals surface area contributed by atoms with Gasteiger partial charge in [-0.25, -0.2) is 4.39 Å². The second-order valence-electron chi connectivity index (χ2n) is 8.11. The molecule has 5 rings (SSSR count). The highest BCUT2D eigenvalue weighted by Crippen LogP contribution is 2.40. The molecule has 1 aliphatic heterocycles. The van der Waals surface area contributed by atoms with Crippen LogP contribution in [0.5, 0.6) is 17.2 Å². The number of aromatic nitrogens is 1. The number of benzene rings is 3. The number of halogens is 2. The minimum atomic E-state index is -0.404. The van der Waals surface area contributed by atoms with E-state index in [4.69, 9.17) is 25.8 Å². The minimum absolute atomic E-state index is 0.160. The molecule has 1 aliphatic rings. The highest BCUT2D eigenvalue weighted by Gasteiger charge is 2.30. The van der Waals surface area contributed by atoms with Crippen molar-refractivity contribution in [3.05, 3.63) is 93.6 Å². The van der Waals surface area contributed by atoms with Crippen molar-refractivity contribution in [1.29, 1.82) is 0 Å². The number of carbonyl (C=O) groups excluding carboxylic acids is 1. The zero-order valence-corrected chi connectivity index (χ0v) is 19.6. The Hall–Kier alpha value is -3.77. The topological polar surface area (TPSA) is 49.7 Å². The summed E-state index contributed by atoms with van der Waals surface area (Å²) >= 11 is 6.10. The quantitative estimate of drug-likeness (QED) is 0.308. The normalized spacial score (nSPS) is 13.9. The maximum absolute atomic E-state index is 13.3. The zero-order chi connectivity index (χ0) is 24.0. The summed E-state index contributed by atoms with van der Waals surface area (Å²) in [6, 6.07) is 13.4. The van der Waals surface area contributed by atoms with Crippen LogP contribution in [0.2, 0.25) is 5.02 Å². The average Bonchev–Trinajstić information content (AvgIpc) is 3.31. The van der Waals surface area contributed by atoms with Crippen LogP contribution in [0.3, 0.4) is 0 Å². The highest BCUT2D eigenvalue weighted by atomic mass is 35.5. The summed E-state index contributed by atoms with van der Waals surface area (Å²) in [5.41, 5.74) is 3.71. The summed E-state index contributed by atoms with van der Waals surface area (Å²) in [5, 5.41) is 1.25. The number of aryl methyl sites for hydroxylation is 1. The summed E-state index contributed by atoms with van der Waals surface area (Å²) in [4.78, 5) is 13.1. The number of hydrogen-bond acceptors (Lipinski definition) is 4. The molecule has 172 valence electrons. The maximum Gasteiger partial charge on any atom is 0.231 e. The van der Waals surface area contributed by atoms with Crippen LogP contribution in [0.4, 0.5) is 4.39 Å². The summed E-state index contributed by atoms with van der Waals surface area (Å²) in [6.07, 6.45) is 3.70. The molecule has 0 fully saturated rings. The molecule has 1 aromatic heterocycles. The van der Waals surface area contributed by atoms with Crippen molar-refractivity contribution in [2.24, 2.45) is 7.05 Å². The van der Waals surface area contributed by atoms with Crippen LogP contribution in [0.1, 0.15) is 27.0 Å². The van der Waals surface area contributed by atoms with Crippen LogP contribution in [-0.2, 0) is 13.7 Å². The molecule has 0 bridgehead atoms. The van der Waals surface area contributed by atoms with E-state index < -0.39 is 5.82 Å². The summed E-state index contributed by atoms with van der Waals surface area (Å²) in [7, 11) is 3.57. The Bertz CT molecular complexity index is 1490. The van der Waals surface area contributed by atoms with Gasteiger partial charge in [0.2, 0.25) is 5.78 Å². The third kappa shape index (κ3) is 3.80. The van der Waals surface area contributed by atoms with E-state index in [9.17, 15) is 9.18 Å². The Morgan fingerprint density at radius 2 is 1.97 bits per heavy atom. The fraction of sp³-hybridized carbons (Fsp3) is 0.148. The first kappa shape index (κ1) is 22.0. The van der Waals surface area contributed by atoms with Gasteiger partial charge in [0.15, 0.2) is 5.76 Å². The van der Waals surface area contributed by atoms with E-state index in [1.807, 2.05) is 42.9 Å². The standard InChI is InChI=1S/C27H21ClFNO4/c1-15-24(33-14-16-4-5-18(29)11-22(16)28)9-7-20-26(31)25(34-27(15)20)10-17-13-30(2)23-8-6-19(32-3)12-21(17)23/h4-13H,14H2,1-3H3. The van der Waals surface area contributed by atoms with Crippen molar-refractivity contribution in [2.45, 2.75) is 13.5 Å². The third-order valence-corrected chi connectivity index (χ3v) is 6.30. The first-order chi connectivity index (χ1) is 16.4. The van der Waals surface area contributed by atoms with Crippen LogP contribution in [0, 0.1) is 12.7 Å². The SMILES string of the molecule is COc1ccc2c(c1)c(C=C1Oc3c(ccc(OCc4ccc(F)cc4Cl)c3C)C1=O)cn2C. The number of ether oxygens (including phenoxy) is 3. The van der Waals surface area contributed by atoms with Gasteiger partial charge in [-0.05, 0) is 55.5 Å². The minimum Gasteiger partial charge on any atom is -0.497 e. The Morgan fingerprint density at radius 3 is 2.74 bits per heavy atom. The molecule has 0 radical (unpaired) electrons. The molecule has 0 atom stereocenters. The smallest absolute Gasteiger partial charge is 0.231 e. The lowest BCUT2D eigenvalue weighted by atomic mass is 10.1. The zero-order valence-electron chi connectivity index (χ0n) is 18.8. The highest BCUT2D eigenvalue weighted by molar-refractivity contribution is 6.31. The molecule has 4 aromatic rings. The Morgan fingerprint density at radius 1 is 1.15 bits per heavy atom. The van der Waals surface area contributed by atoms with Crippen LogP contribution < -0.4 is 14.2 Å². The van der Waals surface area contributed by atoms with Gasteiger partial charge < -0.3 is 18.8 Å². The molecule has 3 aromatic carbocycles. The second-order valence-corrected chi connectivity index (χ2v) is 8.52. The van der Waals surface area contributed by atoms with Crippen LogP contribution in [0.25, 0.3) is 17.0 Å². The molecule has 0 amide bonds. The summed E-state index contributed by atoms with van der Waals surface area (Å²) < 4.78 is 32.6. The molecular weight excluding hydrogens is 457 g/mol. The third-order valence-electron chi connectivity index (χ3n) is 5.95. The lowest BCUT2D eigenvalue weighted by molar-refractivity contribution is 0.101. The molecule has 0 aliphatic carbocycles. The maximum atomic E-state index is 13.3. The van der Waals surface area contributed by atoms with Crippen molar-refractivity contribution in [1.82, 2.24) is 4.57 Å². The number of hydrogen-bond donors (Lipinski definition) is 0. The number of ketones is 1. The first-order valence-electron chi connectivity index (χ1n) is 10.6. The van der Waals surface area contributed by atoms with Gasteiger partial charge in [0, 0.05) is 40.8 Å². The van der Waals surface area contributed by atoms with E-state index >= 15 is 0 Å². The molecule has 0 N–H and O–H groups in total. The molecule has 0 saturated heterocycles. The van der Waals surface area contributed by atoms with Crippen LogP contribution >= 0.6 is 11.6 Å². The van der Waals surface area contributed by atoms with E-state index in [2.05, 4.69) is 0 Å². The van der Waals surface area contributed by atoms with Gasteiger partial charge >= 0.3 is 0 Å². The largest absolute Gasteiger partial charge is 0.497 e. The van der Waals surface area contributed by atoms with Gasteiger partial charge in [-0.2, -0.15) is 0 Å². The van der Waals surface area contributed by atoms with Gasteiger partial charge in [0.25, 0.3) is 0 Å². The first-order valence-corrected chi connectivity index (χ1v) is 11.0. The van der Waals surface area contributed by atoms with E-state index in [0.29, 0.717) is 33.2 Å². The van der Waals surface area contributed by atoms with E-state index in [0.717, 1.165) is 22.2 Å². The van der Waals surface area contributed by atoms with Crippen molar-refractivity contribution in [2.75, 3.05) is 7.11 Å². The monoisotopic (exact) mass is 477 g/mol. The fourth-order valence-electron chi connectivity index (χ4n) is 4.10. The number of fused-ring (bicyclic) bond motifs is 2. The Labute approximate surface area is 200 Å².